The van der Waals surface area contributed by atoms with Crippen molar-refractivity contribution in [2.75, 3.05) is 39.4 Å². The maximum atomic E-state index is 13.8. The van der Waals surface area contributed by atoms with Gasteiger partial charge in [0, 0.05) is 26.2 Å². The van der Waals surface area contributed by atoms with E-state index in [0.717, 1.165) is 19.2 Å². The summed E-state index contributed by atoms with van der Waals surface area (Å²) in [6, 6.07) is 8.62. The number of ether oxygens (including phenoxy) is 1. The van der Waals surface area contributed by atoms with E-state index in [4.69, 9.17) is 9.15 Å². The van der Waals surface area contributed by atoms with E-state index in [9.17, 15) is 18.4 Å². The van der Waals surface area contributed by atoms with E-state index in [1.54, 1.807) is 17.0 Å². The second kappa shape index (κ2) is 7.86. The minimum atomic E-state index is -0.729. The van der Waals surface area contributed by atoms with Gasteiger partial charge in [-0.1, -0.05) is 12.1 Å². The molecule has 0 spiro atoms. The van der Waals surface area contributed by atoms with Crippen LogP contribution >= 0.6 is 0 Å². The summed E-state index contributed by atoms with van der Waals surface area (Å²) in [7, 11) is 0. The highest BCUT2D eigenvalue weighted by molar-refractivity contribution is 5.99. The van der Waals surface area contributed by atoms with E-state index >= 15 is 0 Å². The first-order chi connectivity index (χ1) is 15.0. The predicted molar refractivity (Wildman–Crippen MR) is 109 cm³/mol. The molecular formula is C23H20F2N2O4. The van der Waals surface area contributed by atoms with Gasteiger partial charge in [0.15, 0.2) is 5.43 Å². The van der Waals surface area contributed by atoms with Crippen molar-refractivity contribution >= 4 is 16.9 Å². The van der Waals surface area contributed by atoms with Gasteiger partial charge in [0.2, 0.25) is 5.76 Å². The number of rotatable bonds is 4. The largest absolute Gasteiger partial charge is 0.450 e. The van der Waals surface area contributed by atoms with Gasteiger partial charge < -0.3 is 14.1 Å². The Morgan fingerprint density at radius 1 is 0.935 bits per heavy atom. The highest BCUT2D eigenvalue weighted by Crippen LogP contribution is 2.38. The standard InChI is InChI=1S/C23H20F2N2O4/c24-15-3-1-14(2-4-15)20-19-21(28)17-13-16(25)5-6-18(17)31-22(19)23(29)27(20)8-7-26-9-11-30-12-10-26/h1-6,13,20H,7-12H2/t20-/m1/s1. The van der Waals surface area contributed by atoms with Crippen LogP contribution in [0, 0.1) is 11.6 Å². The number of benzene rings is 2. The second-order valence-corrected chi connectivity index (χ2v) is 7.72. The lowest BCUT2D eigenvalue weighted by Gasteiger charge is -2.31. The molecule has 1 atom stereocenters. The molecule has 5 rings (SSSR count). The van der Waals surface area contributed by atoms with Gasteiger partial charge in [-0.2, -0.15) is 0 Å². The molecule has 160 valence electrons. The number of hydrogen-bond donors (Lipinski definition) is 0. The monoisotopic (exact) mass is 426 g/mol. The molecule has 1 aromatic heterocycles. The number of morpholine rings is 1. The summed E-state index contributed by atoms with van der Waals surface area (Å²) in [4.78, 5) is 30.4. The molecule has 1 saturated heterocycles. The Bertz CT molecular complexity index is 1200. The van der Waals surface area contributed by atoms with Crippen molar-refractivity contribution in [3.05, 3.63) is 81.2 Å². The third kappa shape index (κ3) is 3.51. The van der Waals surface area contributed by atoms with Crippen LogP contribution in [0.3, 0.4) is 0 Å². The van der Waals surface area contributed by atoms with Gasteiger partial charge >= 0.3 is 0 Å². The number of amides is 1. The van der Waals surface area contributed by atoms with Crippen molar-refractivity contribution in [3.63, 3.8) is 0 Å². The normalized spacial score (nSPS) is 19.2. The van der Waals surface area contributed by atoms with Crippen molar-refractivity contribution in [1.29, 1.82) is 0 Å². The topological polar surface area (TPSA) is 63.0 Å². The molecule has 0 unspecified atom stereocenters. The minimum Gasteiger partial charge on any atom is -0.450 e. The van der Waals surface area contributed by atoms with Crippen LogP contribution in [0.4, 0.5) is 8.78 Å². The average Bonchev–Trinajstić information content (AvgIpc) is 3.06. The quantitative estimate of drug-likeness (QED) is 0.642. The number of carbonyl (C=O) groups excluding carboxylic acids is 1. The number of nitrogens with zero attached hydrogens (tertiary/aromatic N) is 2. The minimum absolute atomic E-state index is 0.0413. The lowest BCUT2D eigenvalue weighted by Crippen LogP contribution is -2.42. The second-order valence-electron chi connectivity index (χ2n) is 7.72. The van der Waals surface area contributed by atoms with Crippen molar-refractivity contribution in [3.8, 4) is 0 Å². The zero-order chi connectivity index (χ0) is 21.5. The Labute approximate surface area is 176 Å². The van der Waals surface area contributed by atoms with Gasteiger partial charge in [-0.3, -0.25) is 14.5 Å². The number of fused-ring (bicyclic) bond motifs is 2. The Balaban J connectivity index is 1.60. The smallest absolute Gasteiger partial charge is 0.290 e. The van der Waals surface area contributed by atoms with E-state index in [2.05, 4.69) is 4.90 Å². The van der Waals surface area contributed by atoms with Gasteiger partial charge in [0.05, 0.1) is 30.2 Å². The van der Waals surface area contributed by atoms with E-state index in [1.165, 1.54) is 24.3 Å². The van der Waals surface area contributed by atoms with Gasteiger partial charge in [0.1, 0.15) is 17.2 Å². The van der Waals surface area contributed by atoms with Crippen molar-refractivity contribution in [2.24, 2.45) is 0 Å². The Kier molecular flexibility index (Phi) is 5.03. The predicted octanol–water partition coefficient (Wildman–Crippen LogP) is 2.95. The van der Waals surface area contributed by atoms with Crippen LogP contribution in [0.1, 0.15) is 27.7 Å². The molecule has 1 amide bonds. The number of halogens is 2. The Hall–Kier alpha value is -3.10. The first-order valence-corrected chi connectivity index (χ1v) is 10.2. The van der Waals surface area contributed by atoms with E-state index in [0.29, 0.717) is 31.9 Å². The Morgan fingerprint density at radius 2 is 1.65 bits per heavy atom. The molecular weight excluding hydrogens is 406 g/mol. The van der Waals surface area contributed by atoms with Crippen LogP contribution < -0.4 is 5.43 Å². The highest BCUT2D eigenvalue weighted by Gasteiger charge is 2.42. The van der Waals surface area contributed by atoms with Crippen LogP contribution in [-0.2, 0) is 4.74 Å². The van der Waals surface area contributed by atoms with Gasteiger partial charge in [-0.15, -0.1) is 0 Å². The maximum absolute atomic E-state index is 13.8. The van der Waals surface area contributed by atoms with Crippen LogP contribution in [0.5, 0.6) is 0 Å². The molecule has 6 nitrogen and oxygen atoms in total. The summed E-state index contributed by atoms with van der Waals surface area (Å²) >= 11 is 0. The first-order valence-electron chi connectivity index (χ1n) is 10.2. The first kappa shape index (κ1) is 19.8. The Morgan fingerprint density at radius 3 is 2.39 bits per heavy atom. The molecule has 0 aliphatic carbocycles. The third-order valence-electron chi connectivity index (χ3n) is 5.87. The molecule has 2 aromatic carbocycles. The molecule has 0 saturated carbocycles. The molecule has 8 heteroatoms. The van der Waals surface area contributed by atoms with Crippen molar-refractivity contribution in [2.45, 2.75) is 6.04 Å². The molecule has 0 radical (unpaired) electrons. The fraction of sp³-hybridized carbons (Fsp3) is 0.304. The zero-order valence-corrected chi connectivity index (χ0v) is 16.6. The fourth-order valence-corrected chi connectivity index (χ4v) is 4.29. The summed E-state index contributed by atoms with van der Waals surface area (Å²) in [5.74, 6) is -1.42. The van der Waals surface area contributed by atoms with Gasteiger partial charge in [-0.05, 0) is 35.9 Å². The van der Waals surface area contributed by atoms with E-state index in [-0.39, 0.29) is 22.3 Å². The van der Waals surface area contributed by atoms with Crippen LogP contribution in [-0.4, -0.2) is 55.1 Å². The third-order valence-corrected chi connectivity index (χ3v) is 5.87. The zero-order valence-electron chi connectivity index (χ0n) is 16.6. The molecule has 0 N–H and O–H groups in total. The average molecular weight is 426 g/mol. The maximum Gasteiger partial charge on any atom is 0.290 e. The van der Waals surface area contributed by atoms with Gasteiger partial charge in [-0.25, -0.2) is 8.78 Å². The fourth-order valence-electron chi connectivity index (χ4n) is 4.29. The molecule has 2 aliphatic heterocycles. The SMILES string of the molecule is O=C1c2oc3ccc(F)cc3c(=O)c2[C@@H](c2ccc(F)cc2)N1CCN1CCOCC1. The van der Waals surface area contributed by atoms with Crippen LogP contribution in [0.15, 0.2) is 51.7 Å². The molecule has 0 bridgehead atoms. The van der Waals surface area contributed by atoms with Gasteiger partial charge in [0.25, 0.3) is 5.91 Å². The van der Waals surface area contributed by atoms with E-state index in [1.807, 2.05) is 0 Å². The molecule has 3 aromatic rings. The lowest BCUT2D eigenvalue weighted by molar-refractivity contribution is 0.0314. The van der Waals surface area contributed by atoms with E-state index < -0.39 is 29.0 Å². The summed E-state index contributed by atoms with van der Waals surface area (Å²) in [6.45, 7) is 3.74. The summed E-state index contributed by atoms with van der Waals surface area (Å²) in [5.41, 5.74) is 0.467. The molecule has 3 heterocycles. The van der Waals surface area contributed by atoms with Crippen molar-refractivity contribution < 1.29 is 22.7 Å². The number of hydrogen-bond acceptors (Lipinski definition) is 5. The number of carbonyl (C=O) groups is 1. The summed E-state index contributed by atoms with van der Waals surface area (Å²) < 4.78 is 38.5. The summed E-state index contributed by atoms with van der Waals surface area (Å²) in [5, 5.41) is 0.0775. The van der Waals surface area contributed by atoms with Crippen molar-refractivity contribution in [1.82, 2.24) is 9.80 Å². The summed E-state index contributed by atoms with van der Waals surface area (Å²) in [6.07, 6.45) is 0. The van der Waals surface area contributed by atoms with Crippen LogP contribution in [0.2, 0.25) is 0 Å². The lowest BCUT2D eigenvalue weighted by atomic mass is 9.98. The molecule has 31 heavy (non-hydrogen) atoms. The molecule has 1 fully saturated rings. The van der Waals surface area contributed by atoms with Crippen LogP contribution in [0.25, 0.3) is 11.0 Å². The molecule has 2 aliphatic rings. The highest BCUT2D eigenvalue weighted by atomic mass is 19.1.